The summed E-state index contributed by atoms with van der Waals surface area (Å²) in [6, 6.07) is 9.27. The van der Waals surface area contributed by atoms with Gasteiger partial charge in [0.1, 0.15) is 10.3 Å². The van der Waals surface area contributed by atoms with E-state index < -0.39 is 0 Å². The molecule has 2 rings (SSSR count). The second-order valence-electron chi connectivity index (χ2n) is 3.86. The van der Waals surface area contributed by atoms with E-state index in [2.05, 4.69) is 27.0 Å². The molecule has 0 bridgehead atoms. The van der Waals surface area contributed by atoms with Crippen LogP contribution in [0.3, 0.4) is 0 Å². The lowest BCUT2D eigenvalue weighted by Gasteiger charge is -2.09. The second-order valence-corrected chi connectivity index (χ2v) is 4.71. The van der Waals surface area contributed by atoms with Gasteiger partial charge in [0.2, 0.25) is 0 Å². The zero-order valence-electron chi connectivity index (χ0n) is 9.72. The first-order valence-electron chi connectivity index (χ1n) is 5.33. The van der Waals surface area contributed by atoms with Gasteiger partial charge in [0.15, 0.2) is 0 Å². The van der Waals surface area contributed by atoms with E-state index >= 15 is 0 Å². The van der Waals surface area contributed by atoms with Gasteiger partial charge < -0.3 is 0 Å². The van der Waals surface area contributed by atoms with Gasteiger partial charge in [-0.25, -0.2) is 4.98 Å². The number of nitriles is 1. The normalized spacial score (nSPS) is 10.1. The molecule has 0 spiro atoms. The molecule has 0 aliphatic rings. The maximum atomic E-state index is 12.0. The Morgan fingerprint density at radius 1 is 1.50 bits per heavy atom. The average molecular weight is 304 g/mol. The second kappa shape index (κ2) is 5.15. The smallest absolute Gasteiger partial charge is 0.268 e. The minimum Gasteiger partial charge on any atom is -0.291 e. The summed E-state index contributed by atoms with van der Waals surface area (Å²) < 4.78 is 2.00. The van der Waals surface area contributed by atoms with E-state index in [4.69, 9.17) is 5.26 Å². The molecule has 0 fully saturated rings. The first-order chi connectivity index (χ1) is 8.61. The van der Waals surface area contributed by atoms with Crippen LogP contribution in [0.4, 0.5) is 0 Å². The molecule has 0 amide bonds. The highest BCUT2D eigenvalue weighted by Crippen LogP contribution is 2.08. The molecule has 0 N–H and O–H groups in total. The molecule has 18 heavy (non-hydrogen) atoms. The molecule has 1 aromatic heterocycles. The molecule has 1 heterocycles. The first kappa shape index (κ1) is 12.5. The van der Waals surface area contributed by atoms with E-state index in [1.807, 2.05) is 6.07 Å². The standard InChI is InChI=1S/C13H10BrN3O/c1-9-16-7-12(14)13(18)17(9)8-11-4-2-3-10(5-11)6-15/h2-5,7H,8H2,1H3. The fourth-order valence-corrected chi connectivity index (χ4v) is 1.98. The van der Waals surface area contributed by atoms with Crippen molar-refractivity contribution >= 4 is 15.9 Å². The van der Waals surface area contributed by atoms with Crippen molar-refractivity contribution in [2.24, 2.45) is 0 Å². The summed E-state index contributed by atoms with van der Waals surface area (Å²) in [7, 11) is 0. The van der Waals surface area contributed by atoms with Crippen LogP contribution in [0.5, 0.6) is 0 Å². The number of rotatable bonds is 2. The molecule has 0 aliphatic heterocycles. The van der Waals surface area contributed by atoms with E-state index in [1.165, 1.54) is 6.20 Å². The Labute approximate surface area is 113 Å². The molecule has 0 atom stereocenters. The zero-order chi connectivity index (χ0) is 13.1. The first-order valence-corrected chi connectivity index (χ1v) is 6.12. The molecule has 0 saturated heterocycles. The van der Waals surface area contributed by atoms with Crippen molar-refractivity contribution in [1.29, 1.82) is 5.26 Å². The van der Waals surface area contributed by atoms with Gasteiger partial charge in [-0.15, -0.1) is 0 Å². The van der Waals surface area contributed by atoms with Crippen molar-refractivity contribution in [3.05, 3.63) is 62.2 Å². The molecule has 5 heteroatoms. The lowest BCUT2D eigenvalue weighted by molar-refractivity contribution is 0.695. The Morgan fingerprint density at radius 3 is 3.00 bits per heavy atom. The predicted molar refractivity (Wildman–Crippen MR) is 71.2 cm³/mol. The van der Waals surface area contributed by atoms with Crippen molar-refractivity contribution < 1.29 is 0 Å². The van der Waals surface area contributed by atoms with Crippen LogP contribution in [0.2, 0.25) is 0 Å². The summed E-state index contributed by atoms with van der Waals surface area (Å²) in [6.45, 7) is 2.19. The fraction of sp³-hybridized carbons (Fsp3) is 0.154. The van der Waals surface area contributed by atoms with Crippen LogP contribution in [0.15, 0.2) is 39.7 Å². The van der Waals surface area contributed by atoms with Gasteiger partial charge in [0.05, 0.1) is 18.2 Å². The van der Waals surface area contributed by atoms with Gasteiger partial charge in [0.25, 0.3) is 5.56 Å². The SMILES string of the molecule is Cc1ncc(Br)c(=O)n1Cc1cccc(C#N)c1. The maximum absolute atomic E-state index is 12.0. The molecule has 1 aromatic carbocycles. The van der Waals surface area contributed by atoms with E-state index in [-0.39, 0.29) is 5.56 Å². The molecule has 4 nitrogen and oxygen atoms in total. The van der Waals surface area contributed by atoms with Crippen molar-refractivity contribution in [2.75, 3.05) is 0 Å². The van der Waals surface area contributed by atoms with Gasteiger partial charge in [-0.1, -0.05) is 12.1 Å². The number of benzene rings is 1. The third-order valence-corrected chi connectivity index (χ3v) is 3.15. The molecule has 0 radical (unpaired) electrons. The maximum Gasteiger partial charge on any atom is 0.268 e. The predicted octanol–water partition coefficient (Wildman–Crippen LogP) is 2.23. The molecular weight excluding hydrogens is 294 g/mol. The van der Waals surface area contributed by atoms with Crippen molar-refractivity contribution in [3.8, 4) is 6.07 Å². The molecular formula is C13H10BrN3O. The number of nitrogens with zero attached hydrogens (tertiary/aromatic N) is 3. The van der Waals surface area contributed by atoms with Crippen molar-refractivity contribution in [1.82, 2.24) is 9.55 Å². The van der Waals surface area contributed by atoms with E-state index in [0.29, 0.717) is 22.4 Å². The van der Waals surface area contributed by atoms with Crippen LogP contribution < -0.4 is 5.56 Å². The molecule has 0 saturated carbocycles. The fourth-order valence-electron chi connectivity index (χ4n) is 1.66. The summed E-state index contributed by atoms with van der Waals surface area (Å²) in [5.41, 5.74) is 1.37. The number of hydrogen-bond acceptors (Lipinski definition) is 3. The lowest BCUT2D eigenvalue weighted by Crippen LogP contribution is -2.24. The third-order valence-electron chi connectivity index (χ3n) is 2.60. The third kappa shape index (κ3) is 2.49. The minimum atomic E-state index is -0.120. The highest BCUT2D eigenvalue weighted by atomic mass is 79.9. The van der Waals surface area contributed by atoms with Crippen molar-refractivity contribution in [3.63, 3.8) is 0 Å². The molecule has 0 unspecified atom stereocenters. The quantitative estimate of drug-likeness (QED) is 0.855. The Bertz CT molecular complexity index is 685. The molecule has 90 valence electrons. The Morgan fingerprint density at radius 2 is 2.28 bits per heavy atom. The lowest BCUT2D eigenvalue weighted by atomic mass is 10.1. The minimum absolute atomic E-state index is 0.120. The molecule has 0 aliphatic carbocycles. The largest absolute Gasteiger partial charge is 0.291 e. The zero-order valence-corrected chi connectivity index (χ0v) is 11.3. The van der Waals surface area contributed by atoms with Crippen LogP contribution in [-0.4, -0.2) is 9.55 Å². The Kier molecular flexibility index (Phi) is 3.58. The Balaban J connectivity index is 2.43. The summed E-state index contributed by atoms with van der Waals surface area (Å²) in [5, 5.41) is 8.84. The van der Waals surface area contributed by atoms with Gasteiger partial charge in [-0.05, 0) is 40.5 Å². The molecule has 2 aromatic rings. The Hall–Kier alpha value is -1.93. The monoisotopic (exact) mass is 303 g/mol. The summed E-state index contributed by atoms with van der Waals surface area (Å²) in [4.78, 5) is 16.1. The average Bonchev–Trinajstić information content (AvgIpc) is 2.39. The van der Waals surface area contributed by atoms with Gasteiger partial charge in [-0.3, -0.25) is 9.36 Å². The van der Waals surface area contributed by atoms with Crippen LogP contribution in [-0.2, 0) is 6.54 Å². The van der Waals surface area contributed by atoms with Gasteiger partial charge in [0, 0.05) is 6.20 Å². The van der Waals surface area contributed by atoms with E-state index in [9.17, 15) is 4.79 Å². The number of hydrogen-bond donors (Lipinski definition) is 0. The summed E-state index contributed by atoms with van der Waals surface area (Å²) in [5.74, 6) is 0.644. The summed E-state index contributed by atoms with van der Waals surface area (Å²) >= 11 is 3.17. The number of aryl methyl sites for hydroxylation is 1. The number of aromatic nitrogens is 2. The van der Waals surface area contributed by atoms with Gasteiger partial charge in [-0.2, -0.15) is 5.26 Å². The van der Waals surface area contributed by atoms with Crippen LogP contribution in [0, 0.1) is 18.3 Å². The van der Waals surface area contributed by atoms with Crippen molar-refractivity contribution in [2.45, 2.75) is 13.5 Å². The van der Waals surface area contributed by atoms with E-state index in [1.54, 1.807) is 29.7 Å². The highest BCUT2D eigenvalue weighted by molar-refractivity contribution is 9.10. The summed E-state index contributed by atoms with van der Waals surface area (Å²) in [6.07, 6.45) is 1.50. The van der Waals surface area contributed by atoms with Crippen LogP contribution >= 0.6 is 15.9 Å². The van der Waals surface area contributed by atoms with E-state index in [0.717, 1.165) is 5.56 Å². The van der Waals surface area contributed by atoms with Gasteiger partial charge >= 0.3 is 0 Å². The topological polar surface area (TPSA) is 58.7 Å². The van der Waals surface area contributed by atoms with Crippen LogP contribution in [0.25, 0.3) is 0 Å². The van der Waals surface area contributed by atoms with Crippen LogP contribution in [0.1, 0.15) is 17.0 Å². The number of halogens is 1. The highest BCUT2D eigenvalue weighted by Gasteiger charge is 2.06.